The first-order valence-corrected chi connectivity index (χ1v) is 11.6. The lowest BCUT2D eigenvalue weighted by molar-refractivity contribution is 0.102. The summed E-state index contributed by atoms with van der Waals surface area (Å²) in [6.45, 7) is 0.440. The number of anilines is 2. The average Bonchev–Trinajstić information content (AvgIpc) is 2.83. The lowest BCUT2D eigenvalue weighted by Gasteiger charge is -2.30. The zero-order valence-electron chi connectivity index (χ0n) is 17.9. The highest BCUT2D eigenvalue weighted by molar-refractivity contribution is 7.92. The zero-order valence-corrected chi connectivity index (χ0v) is 18.7. The van der Waals surface area contributed by atoms with Crippen LogP contribution in [0.25, 0.3) is 0 Å². The number of hydrogen-bond acceptors (Lipinski definition) is 5. The van der Waals surface area contributed by atoms with Gasteiger partial charge in [-0.15, -0.1) is 0 Å². The number of sulfonamides is 1. The fraction of sp³-hybridized carbons (Fsp3) is 0.208. The number of para-hydroxylation sites is 1. The minimum absolute atomic E-state index is 0.176. The predicted octanol–water partition coefficient (Wildman–Crippen LogP) is 4.10. The van der Waals surface area contributed by atoms with Crippen LogP contribution < -0.4 is 19.1 Å². The summed E-state index contributed by atoms with van der Waals surface area (Å²) in [7, 11) is -0.683. The molecule has 4 rings (SSSR count). The molecule has 1 N–H and O–H groups in total. The molecule has 0 aliphatic carbocycles. The predicted molar refractivity (Wildman–Crippen MR) is 123 cm³/mol. The van der Waals surface area contributed by atoms with Crippen molar-refractivity contribution in [1.29, 1.82) is 0 Å². The lowest BCUT2D eigenvalue weighted by Crippen LogP contribution is -2.35. The Morgan fingerprint density at radius 2 is 1.59 bits per heavy atom. The smallest absolute Gasteiger partial charge is 0.264 e. The van der Waals surface area contributed by atoms with Gasteiger partial charge in [0.2, 0.25) is 0 Å². The maximum Gasteiger partial charge on any atom is 0.264 e. The number of nitrogens with zero attached hydrogens (tertiary/aromatic N) is 1. The Morgan fingerprint density at radius 3 is 2.25 bits per heavy atom. The number of nitrogens with one attached hydrogen (secondary N) is 1. The van der Waals surface area contributed by atoms with Gasteiger partial charge in [-0.3, -0.25) is 9.10 Å². The van der Waals surface area contributed by atoms with Gasteiger partial charge in [0.05, 0.1) is 24.8 Å². The van der Waals surface area contributed by atoms with E-state index in [0.29, 0.717) is 29.3 Å². The van der Waals surface area contributed by atoms with E-state index in [2.05, 4.69) is 5.32 Å². The average molecular weight is 453 g/mol. The van der Waals surface area contributed by atoms with E-state index in [1.165, 1.54) is 30.7 Å². The molecule has 8 heteroatoms. The van der Waals surface area contributed by atoms with Gasteiger partial charge in [0.1, 0.15) is 11.5 Å². The Bertz CT molecular complexity index is 1220. The van der Waals surface area contributed by atoms with Gasteiger partial charge in [-0.05, 0) is 60.9 Å². The molecule has 0 spiro atoms. The summed E-state index contributed by atoms with van der Waals surface area (Å²) in [5.74, 6) is 0.637. The summed E-state index contributed by atoms with van der Waals surface area (Å²) in [4.78, 5) is 12.8. The van der Waals surface area contributed by atoms with Crippen molar-refractivity contribution < 1.29 is 22.7 Å². The van der Waals surface area contributed by atoms with E-state index in [1.807, 2.05) is 24.3 Å². The van der Waals surface area contributed by atoms with Gasteiger partial charge in [0, 0.05) is 23.9 Å². The SMILES string of the molecule is COc1cc(OC)cc(C(=O)Nc2ccc(S(=O)(=O)N3CCCc4ccccc43)cc2)c1. The zero-order chi connectivity index (χ0) is 22.7. The van der Waals surface area contributed by atoms with Crippen LogP contribution in [0.1, 0.15) is 22.3 Å². The van der Waals surface area contributed by atoms with Crippen molar-refractivity contribution in [3.05, 3.63) is 77.9 Å². The molecule has 1 aliphatic rings. The second-order valence-corrected chi connectivity index (χ2v) is 9.25. The molecule has 0 fully saturated rings. The van der Waals surface area contributed by atoms with Crippen LogP contribution in [0.2, 0.25) is 0 Å². The van der Waals surface area contributed by atoms with Crippen molar-refractivity contribution in [1.82, 2.24) is 0 Å². The third kappa shape index (κ3) is 4.27. The molecule has 0 unspecified atom stereocenters. The van der Waals surface area contributed by atoms with E-state index in [0.717, 1.165) is 24.1 Å². The minimum atomic E-state index is -3.70. The minimum Gasteiger partial charge on any atom is -0.497 e. The van der Waals surface area contributed by atoms with Crippen molar-refractivity contribution >= 4 is 27.3 Å². The van der Waals surface area contributed by atoms with Gasteiger partial charge in [-0.2, -0.15) is 0 Å². The molecule has 0 saturated carbocycles. The molecule has 0 atom stereocenters. The van der Waals surface area contributed by atoms with Gasteiger partial charge < -0.3 is 14.8 Å². The summed E-state index contributed by atoms with van der Waals surface area (Å²) in [6, 6.07) is 18.6. The summed E-state index contributed by atoms with van der Waals surface area (Å²) in [5.41, 5.74) is 2.60. The van der Waals surface area contributed by atoms with E-state index in [1.54, 1.807) is 30.3 Å². The molecule has 3 aromatic carbocycles. The van der Waals surface area contributed by atoms with Crippen molar-refractivity contribution in [2.75, 3.05) is 30.4 Å². The van der Waals surface area contributed by atoms with Gasteiger partial charge in [0.15, 0.2) is 0 Å². The molecule has 7 nitrogen and oxygen atoms in total. The van der Waals surface area contributed by atoms with E-state index in [4.69, 9.17) is 9.47 Å². The van der Waals surface area contributed by atoms with Crippen molar-refractivity contribution in [2.24, 2.45) is 0 Å². The highest BCUT2D eigenvalue weighted by atomic mass is 32.2. The number of ether oxygens (including phenoxy) is 2. The Hall–Kier alpha value is -3.52. The Kier molecular flexibility index (Phi) is 6.05. The molecule has 166 valence electrons. The van der Waals surface area contributed by atoms with Crippen LogP contribution in [-0.4, -0.2) is 35.1 Å². The second kappa shape index (κ2) is 8.92. The number of hydrogen-bond donors (Lipinski definition) is 1. The second-order valence-electron chi connectivity index (χ2n) is 7.39. The molecule has 1 aliphatic heterocycles. The number of aryl methyl sites for hydroxylation is 1. The van der Waals surface area contributed by atoms with E-state index >= 15 is 0 Å². The number of carbonyl (C=O) groups is 1. The maximum atomic E-state index is 13.3. The van der Waals surface area contributed by atoms with Crippen LogP contribution >= 0.6 is 0 Å². The van der Waals surface area contributed by atoms with Crippen molar-refractivity contribution in [3.63, 3.8) is 0 Å². The molecule has 0 aromatic heterocycles. The normalized spacial score (nSPS) is 13.2. The van der Waals surface area contributed by atoms with Gasteiger partial charge in [-0.1, -0.05) is 18.2 Å². The fourth-order valence-electron chi connectivity index (χ4n) is 3.73. The first-order chi connectivity index (χ1) is 15.4. The summed E-state index contributed by atoms with van der Waals surface area (Å²) < 4.78 is 38.4. The highest BCUT2D eigenvalue weighted by Gasteiger charge is 2.28. The molecule has 1 heterocycles. The number of rotatable bonds is 6. The number of carbonyl (C=O) groups excluding carboxylic acids is 1. The molecule has 0 saturated heterocycles. The van der Waals surface area contributed by atoms with Crippen LogP contribution in [0.3, 0.4) is 0 Å². The van der Waals surface area contributed by atoms with Gasteiger partial charge in [-0.25, -0.2) is 8.42 Å². The molecule has 0 bridgehead atoms. The first-order valence-electron chi connectivity index (χ1n) is 10.2. The molecule has 1 amide bonds. The molecular formula is C24H24N2O5S. The molecular weight excluding hydrogens is 428 g/mol. The molecule has 3 aromatic rings. The van der Waals surface area contributed by atoms with Crippen LogP contribution in [-0.2, 0) is 16.4 Å². The molecule has 32 heavy (non-hydrogen) atoms. The first kappa shape index (κ1) is 21.7. The number of benzene rings is 3. The Labute approximate surface area is 187 Å². The van der Waals surface area contributed by atoms with Crippen molar-refractivity contribution in [2.45, 2.75) is 17.7 Å². The topological polar surface area (TPSA) is 84.9 Å². The maximum absolute atomic E-state index is 13.3. The highest BCUT2D eigenvalue weighted by Crippen LogP contribution is 2.32. The van der Waals surface area contributed by atoms with Crippen LogP contribution in [0.4, 0.5) is 11.4 Å². The summed E-state index contributed by atoms with van der Waals surface area (Å²) in [5, 5.41) is 2.78. The van der Waals surface area contributed by atoms with E-state index in [9.17, 15) is 13.2 Å². The third-order valence-corrected chi connectivity index (χ3v) is 7.21. The van der Waals surface area contributed by atoms with Gasteiger partial charge >= 0.3 is 0 Å². The monoisotopic (exact) mass is 452 g/mol. The number of amides is 1. The quantitative estimate of drug-likeness (QED) is 0.609. The van der Waals surface area contributed by atoms with Crippen LogP contribution in [0.15, 0.2) is 71.6 Å². The number of fused-ring (bicyclic) bond motifs is 1. The van der Waals surface area contributed by atoms with Gasteiger partial charge in [0.25, 0.3) is 15.9 Å². The molecule has 0 radical (unpaired) electrons. The Balaban J connectivity index is 1.54. The van der Waals surface area contributed by atoms with E-state index in [-0.39, 0.29) is 10.8 Å². The summed E-state index contributed by atoms with van der Waals surface area (Å²) in [6.07, 6.45) is 1.64. The van der Waals surface area contributed by atoms with E-state index < -0.39 is 10.0 Å². The Morgan fingerprint density at radius 1 is 0.938 bits per heavy atom. The lowest BCUT2D eigenvalue weighted by atomic mass is 10.0. The van der Waals surface area contributed by atoms with Crippen molar-refractivity contribution in [3.8, 4) is 11.5 Å². The third-order valence-electron chi connectivity index (χ3n) is 5.38. The standard InChI is InChI=1S/C24H24N2O5S/c1-30-20-14-18(15-21(16-20)31-2)24(27)25-19-9-11-22(12-10-19)32(28,29)26-13-5-7-17-6-3-4-8-23(17)26/h3-4,6,8-12,14-16H,5,7,13H2,1-2H3,(H,25,27). The van der Waals surface area contributed by atoms with Crippen LogP contribution in [0, 0.1) is 0 Å². The summed E-state index contributed by atoms with van der Waals surface area (Å²) >= 11 is 0. The van der Waals surface area contributed by atoms with Crippen LogP contribution in [0.5, 0.6) is 11.5 Å². The number of methoxy groups -OCH3 is 2. The fourth-order valence-corrected chi connectivity index (χ4v) is 5.27. The largest absolute Gasteiger partial charge is 0.497 e.